The third-order valence-electron chi connectivity index (χ3n) is 12.0. The molecule has 71 heavy (non-hydrogen) atoms. The summed E-state index contributed by atoms with van der Waals surface area (Å²) >= 11 is 1.82. The van der Waals surface area contributed by atoms with Gasteiger partial charge in [-0.25, -0.2) is 25.3 Å². The fourth-order valence-corrected chi connectivity index (χ4v) is 9.76. The van der Waals surface area contributed by atoms with Crippen LogP contribution < -0.4 is 10.3 Å². The number of rotatable bonds is 9. The molecule has 1 aliphatic rings. The monoisotopic (exact) mass is 935 g/mol. The molecule has 1 aliphatic heterocycles. The number of hydrogen-bond donors (Lipinski definition) is 2. The van der Waals surface area contributed by atoms with Gasteiger partial charge in [-0.05, 0) is 127 Å². The standard InChI is InChI=1S/C59H38N10OS/c1-3-13-46(60-4-2)56-64-54(65-57(68-56)47-15-7-10-27-61-47)40-30-37(31-41(33-40)55-66-58(48-16-8-11-28-62-48)69-59(67-55)49-17-9-12-29-63-49)20-19-36-21-24-50-43(32-36)44-34-38(22-25-51(44)70-50)39-23-26-53-45(35-39)42-14-5-6-18-52(42)71-53/h3-18,21-35,56H,2H2,1H3,(H,64,65,68)/p+1/b13-3-,60-46?. The van der Waals surface area contributed by atoms with E-state index in [-0.39, 0.29) is 0 Å². The van der Waals surface area contributed by atoms with Crippen molar-refractivity contribution < 1.29 is 9.41 Å². The van der Waals surface area contributed by atoms with Crippen molar-refractivity contribution in [1.82, 2.24) is 35.2 Å². The molecule has 11 nitrogen and oxygen atoms in total. The Balaban J connectivity index is 0.991. The molecule has 1 atom stereocenters. The van der Waals surface area contributed by atoms with Gasteiger partial charge in [0, 0.05) is 72.4 Å². The second-order valence-electron chi connectivity index (χ2n) is 16.6. The second-order valence-corrected chi connectivity index (χ2v) is 17.7. The van der Waals surface area contributed by atoms with Crippen molar-refractivity contribution >= 4 is 70.8 Å². The normalized spacial score (nSPS) is 13.8. The maximum Gasteiger partial charge on any atom is 0.283 e. The molecular weight excluding hydrogens is 897 g/mol. The van der Waals surface area contributed by atoms with Gasteiger partial charge in [-0.2, -0.15) is 4.99 Å². The number of furan rings is 1. The van der Waals surface area contributed by atoms with Crippen LogP contribution in [-0.2, 0) is 0 Å². The third kappa shape index (κ3) is 8.54. The lowest BCUT2D eigenvalue weighted by Gasteiger charge is -2.17. The summed E-state index contributed by atoms with van der Waals surface area (Å²) < 4.78 is 8.94. The lowest BCUT2D eigenvalue weighted by atomic mass is 10.00. The topological polar surface area (TPSA) is 141 Å². The Hall–Kier alpha value is -9.57. The summed E-state index contributed by atoms with van der Waals surface area (Å²) in [5.74, 6) is 9.40. The van der Waals surface area contributed by atoms with Crippen LogP contribution in [0.2, 0.25) is 0 Å². The molecule has 336 valence electrons. The van der Waals surface area contributed by atoms with Crippen molar-refractivity contribution in [2.75, 3.05) is 0 Å². The van der Waals surface area contributed by atoms with E-state index in [4.69, 9.17) is 24.4 Å². The van der Waals surface area contributed by atoms with Gasteiger partial charge >= 0.3 is 0 Å². The SMILES string of the molecule is C=CN=C(/C=C\C)C1N=C(c2ccccn2)NC(c2cc(C#Cc3ccc4oc5ccc(-c6ccc7sc8ccccc8c7c6)cc5c4c3)cc(-c3nc(-c4ccccn4)nc(-c4ccccn4)n3)c2)=[NH+]1. The molecule has 0 spiro atoms. The molecule has 0 bridgehead atoms. The zero-order chi connectivity index (χ0) is 47.7. The number of aromatic nitrogens is 6. The Kier molecular flexibility index (Phi) is 11.1. The zero-order valence-corrected chi connectivity index (χ0v) is 38.9. The zero-order valence-electron chi connectivity index (χ0n) is 38.1. The van der Waals surface area contributed by atoms with Gasteiger partial charge in [-0.3, -0.25) is 19.9 Å². The molecule has 12 heteroatoms. The van der Waals surface area contributed by atoms with Gasteiger partial charge in [0.25, 0.3) is 5.84 Å². The van der Waals surface area contributed by atoms with Gasteiger partial charge in [-0.1, -0.05) is 73.0 Å². The number of pyridine rings is 3. The number of thiophene rings is 1. The molecule has 12 rings (SSSR count). The van der Waals surface area contributed by atoms with Crippen molar-refractivity contribution in [2.24, 2.45) is 9.98 Å². The molecule has 2 N–H and O–H groups in total. The Morgan fingerprint density at radius 2 is 1.23 bits per heavy atom. The predicted molar refractivity (Wildman–Crippen MR) is 285 cm³/mol. The maximum absolute atomic E-state index is 6.38. The number of amidine groups is 2. The van der Waals surface area contributed by atoms with E-state index >= 15 is 0 Å². The average molecular weight is 936 g/mol. The largest absolute Gasteiger partial charge is 0.456 e. The quantitative estimate of drug-likeness (QED) is 0.108. The minimum atomic E-state index is -0.588. The first-order valence-corrected chi connectivity index (χ1v) is 23.7. The average Bonchev–Trinajstić information content (AvgIpc) is 4.00. The van der Waals surface area contributed by atoms with Gasteiger partial charge in [-0.15, -0.1) is 11.3 Å². The number of allylic oxidation sites excluding steroid dienone is 1. The van der Waals surface area contributed by atoms with E-state index < -0.39 is 6.17 Å². The van der Waals surface area contributed by atoms with Crippen molar-refractivity contribution in [3.8, 4) is 57.4 Å². The highest BCUT2D eigenvalue weighted by Gasteiger charge is 2.29. The van der Waals surface area contributed by atoms with E-state index in [0.29, 0.717) is 63.1 Å². The minimum absolute atomic E-state index is 0.404. The van der Waals surface area contributed by atoms with Crippen LogP contribution in [0.4, 0.5) is 0 Å². The van der Waals surface area contributed by atoms with E-state index in [2.05, 4.69) is 115 Å². The van der Waals surface area contributed by atoms with E-state index in [1.807, 2.05) is 115 Å². The van der Waals surface area contributed by atoms with Crippen LogP contribution in [0.15, 0.2) is 210 Å². The van der Waals surface area contributed by atoms with E-state index in [0.717, 1.165) is 44.2 Å². The lowest BCUT2D eigenvalue weighted by Crippen LogP contribution is -2.86. The summed E-state index contributed by atoms with van der Waals surface area (Å²) in [6, 6.07) is 50.8. The van der Waals surface area contributed by atoms with Gasteiger partial charge < -0.3 is 4.42 Å². The Labute approximate surface area is 411 Å². The fraction of sp³-hybridized carbons (Fsp3) is 0.0339. The summed E-state index contributed by atoms with van der Waals surface area (Å²) in [5, 5.41) is 8.07. The van der Waals surface area contributed by atoms with Crippen LogP contribution in [-0.4, -0.2) is 53.5 Å². The number of hydrogen-bond acceptors (Lipinski definition) is 11. The van der Waals surface area contributed by atoms with Crippen molar-refractivity contribution in [3.05, 3.63) is 218 Å². The van der Waals surface area contributed by atoms with E-state index in [1.165, 1.54) is 26.4 Å². The molecule has 11 aromatic rings. The smallest absolute Gasteiger partial charge is 0.283 e. The highest BCUT2D eigenvalue weighted by Crippen LogP contribution is 2.38. The number of nitrogens with zero attached hydrogens (tertiary/aromatic N) is 8. The Bertz CT molecular complexity index is 4010. The highest BCUT2D eigenvalue weighted by molar-refractivity contribution is 7.25. The minimum Gasteiger partial charge on any atom is -0.456 e. The second kappa shape index (κ2) is 18.5. The molecule has 0 amide bonds. The highest BCUT2D eigenvalue weighted by atomic mass is 32.1. The van der Waals surface area contributed by atoms with Crippen molar-refractivity contribution in [3.63, 3.8) is 0 Å². The van der Waals surface area contributed by atoms with Gasteiger partial charge in [0.05, 0.1) is 5.56 Å². The summed E-state index contributed by atoms with van der Waals surface area (Å²) in [6.45, 7) is 5.81. The van der Waals surface area contributed by atoms with Crippen molar-refractivity contribution in [2.45, 2.75) is 13.1 Å². The maximum atomic E-state index is 6.38. The lowest BCUT2D eigenvalue weighted by molar-refractivity contribution is -0.482. The molecular formula is C59H39N10OS+. The molecule has 7 heterocycles. The number of aliphatic imine (C=N–C) groups is 2. The third-order valence-corrected chi connectivity index (χ3v) is 13.1. The molecule has 0 saturated heterocycles. The first-order valence-electron chi connectivity index (χ1n) is 22.9. The van der Waals surface area contributed by atoms with Crippen LogP contribution in [0.25, 0.3) is 87.7 Å². The molecule has 0 saturated carbocycles. The molecule has 5 aromatic carbocycles. The first-order chi connectivity index (χ1) is 35.0. The molecule has 0 fully saturated rings. The Morgan fingerprint density at radius 1 is 0.606 bits per heavy atom. The number of fused-ring (bicyclic) bond motifs is 6. The van der Waals surface area contributed by atoms with Crippen LogP contribution in [0.5, 0.6) is 0 Å². The van der Waals surface area contributed by atoms with E-state index in [9.17, 15) is 0 Å². The van der Waals surface area contributed by atoms with Crippen LogP contribution in [0.3, 0.4) is 0 Å². The molecule has 6 aromatic heterocycles. The first kappa shape index (κ1) is 42.8. The predicted octanol–water partition coefficient (Wildman–Crippen LogP) is 10.8. The summed E-state index contributed by atoms with van der Waals surface area (Å²) in [7, 11) is 0. The van der Waals surface area contributed by atoms with E-state index in [1.54, 1.807) is 18.6 Å². The van der Waals surface area contributed by atoms with Gasteiger partial charge in [0.2, 0.25) is 12.0 Å². The summed E-state index contributed by atoms with van der Waals surface area (Å²) in [5.41, 5.74) is 9.35. The summed E-state index contributed by atoms with van der Waals surface area (Å²) in [6.07, 6.45) is 9.93. The van der Waals surface area contributed by atoms with Crippen molar-refractivity contribution in [1.29, 1.82) is 0 Å². The molecule has 0 radical (unpaired) electrons. The van der Waals surface area contributed by atoms with Crippen LogP contribution in [0, 0.1) is 11.8 Å². The molecule has 1 unspecified atom stereocenters. The van der Waals surface area contributed by atoms with Gasteiger partial charge in [0.15, 0.2) is 17.5 Å². The van der Waals surface area contributed by atoms with Crippen LogP contribution >= 0.6 is 11.3 Å². The molecule has 0 aliphatic carbocycles. The number of benzene rings is 5. The fourth-order valence-electron chi connectivity index (χ4n) is 8.68. The summed E-state index contributed by atoms with van der Waals surface area (Å²) in [4.78, 5) is 41.9. The number of nitrogens with one attached hydrogen (secondary N) is 2. The Morgan fingerprint density at radius 3 is 1.94 bits per heavy atom. The van der Waals surface area contributed by atoms with Crippen LogP contribution in [0.1, 0.15) is 29.3 Å². The van der Waals surface area contributed by atoms with Gasteiger partial charge in [0.1, 0.15) is 34.0 Å².